The van der Waals surface area contributed by atoms with E-state index in [0.717, 1.165) is 4.90 Å². The molecular formula is C18H17ClN4O3S. The molecule has 27 heavy (non-hydrogen) atoms. The fraction of sp³-hybridized carbons (Fsp3) is 0.167. The normalized spacial score (nSPS) is 10.6. The van der Waals surface area contributed by atoms with Crippen LogP contribution in [0.3, 0.4) is 0 Å². The lowest BCUT2D eigenvalue weighted by Gasteiger charge is -2.10. The maximum Gasteiger partial charge on any atom is 0.272 e. The van der Waals surface area contributed by atoms with E-state index in [1.807, 2.05) is 12.3 Å². The summed E-state index contributed by atoms with van der Waals surface area (Å²) < 4.78 is 6.59. The monoisotopic (exact) mass is 404 g/mol. The summed E-state index contributed by atoms with van der Waals surface area (Å²) in [6, 6.07) is 8.70. The lowest BCUT2D eigenvalue weighted by atomic mass is 10.2. The van der Waals surface area contributed by atoms with E-state index in [4.69, 9.17) is 16.0 Å². The SMILES string of the molecule is CSc1ccc(Cl)c(C(=O)Nc2cnn(C)c2C(=O)NCc2ccco2)c1. The smallest absolute Gasteiger partial charge is 0.272 e. The number of amides is 2. The quantitative estimate of drug-likeness (QED) is 0.613. The average molecular weight is 405 g/mol. The van der Waals surface area contributed by atoms with Crippen molar-refractivity contribution in [2.45, 2.75) is 11.4 Å². The Bertz CT molecular complexity index is 969. The molecule has 3 rings (SSSR count). The summed E-state index contributed by atoms with van der Waals surface area (Å²) in [5.41, 5.74) is 0.853. The number of halogens is 1. The second-order valence-electron chi connectivity index (χ2n) is 5.59. The van der Waals surface area contributed by atoms with Crippen LogP contribution < -0.4 is 10.6 Å². The van der Waals surface area contributed by atoms with E-state index in [1.165, 1.54) is 28.9 Å². The first kappa shape index (κ1) is 19.1. The number of nitrogens with one attached hydrogen (secondary N) is 2. The molecule has 0 aliphatic carbocycles. The van der Waals surface area contributed by atoms with E-state index in [1.54, 1.807) is 31.3 Å². The predicted molar refractivity (Wildman–Crippen MR) is 104 cm³/mol. The third kappa shape index (κ3) is 4.35. The summed E-state index contributed by atoms with van der Waals surface area (Å²) in [6.45, 7) is 0.228. The molecule has 0 bridgehead atoms. The minimum absolute atomic E-state index is 0.228. The van der Waals surface area contributed by atoms with Crippen molar-refractivity contribution in [1.29, 1.82) is 0 Å². The van der Waals surface area contributed by atoms with Crippen molar-refractivity contribution >= 4 is 40.9 Å². The van der Waals surface area contributed by atoms with E-state index in [2.05, 4.69) is 15.7 Å². The van der Waals surface area contributed by atoms with Gasteiger partial charge in [-0.15, -0.1) is 11.8 Å². The van der Waals surface area contributed by atoms with Crippen molar-refractivity contribution in [2.24, 2.45) is 7.05 Å². The van der Waals surface area contributed by atoms with Gasteiger partial charge in [0.25, 0.3) is 11.8 Å². The van der Waals surface area contributed by atoms with Crippen molar-refractivity contribution in [3.05, 3.63) is 64.8 Å². The number of aromatic nitrogens is 2. The Labute approximate surface area is 165 Å². The summed E-state index contributed by atoms with van der Waals surface area (Å²) >= 11 is 7.65. The van der Waals surface area contributed by atoms with Crippen molar-refractivity contribution in [2.75, 3.05) is 11.6 Å². The summed E-state index contributed by atoms with van der Waals surface area (Å²) in [5, 5.41) is 9.85. The van der Waals surface area contributed by atoms with Crippen LogP contribution in [0.5, 0.6) is 0 Å². The molecule has 0 fully saturated rings. The Morgan fingerprint density at radius 2 is 2.11 bits per heavy atom. The van der Waals surface area contributed by atoms with Crippen LogP contribution >= 0.6 is 23.4 Å². The molecule has 7 nitrogen and oxygen atoms in total. The molecule has 0 saturated heterocycles. The average Bonchev–Trinajstić information content (AvgIpc) is 3.30. The second kappa shape index (κ2) is 8.32. The topological polar surface area (TPSA) is 89.2 Å². The molecule has 3 aromatic rings. The largest absolute Gasteiger partial charge is 0.467 e. The fourth-order valence-electron chi connectivity index (χ4n) is 2.46. The highest BCUT2D eigenvalue weighted by molar-refractivity contribution is 7.98. The van der Waals surface area contributed by atoms with Gasteiger partial charge in [0, 0.05) is 11.9 Å². The molecule has 0 spiro atoms. The summed E-state index contributed by atoms with van der Waals surface area (Å²) in [4.78, 5) is 26.1. The van der Waals surface area contributed by atoms with Gasteiger partial charge in [-0.2, -0.15) is 5.10 Å². The van der Waals surface area contributed by atoms with E-state index in [9.17, 15) is 9.59 Å². The maximum absolute atomic E-state index is 12.6. The molecule has 2 heterocycles. The summed E-state index contributed by atoms with van der Waals surface area (Å²) in [5.74, 6) is -0.175. The first-order chi connectivity index (χ1) is 13.0. The summed E-state index contributed by atoms with van der Waals surface area (Å²) in [7, 11) is 1.62. The lowest BCUT2D eigenvalue weighted by Crippen LogP contribution is -2.26. The first-order valence-corrected chi connectivity index (χ1v) is 9.57. The molecule has 9 heteroatoms. The zero-order chi connectivity index (χ0) is 19.4. The number of furan rings is 1. The molecule has 0 saturated carbocycles. The number of benzene rings is 1. The van der Waals surface area contributed by atoms with E-state index in [0.29, 0.717) is 22.0 Å². The van der Waals surface area contributed by atoms with Gasteiger partial charge in [0.1, 0.15) is 11.5 Å². The third-order valence-corrected chi connectivity index (χ3v) is 4.88. The molecule has 0 unspecified atom stereocenters. The maximum atomic E-state index is 12.6. The number of carbonyl (C=O) groups excluding carboxylic acids is 2. The minimum Gasteiger partial charge on any atom is -0.467 e. The molecule has 0 atom stereocenters. The van der Waals surface area contributed by atoms with Crippen LogP contribution in [0.15, 0.2) is 52.1 Å². The number of nitrogens with zero attached hydrogens (tertiary/aromatic N) is 2. The Balaban J connectivity index is 1.78. The Morgan fingerprint density at radius 3 is 2.81 bits per heavy atom. The summed E-state index contributed by atoms with van der Waals surface area (Å²) in [6.07, 6.45) is 4.86. The van der Waals surface area contributed by atoms with Gasteiger partial charge in [0.15, 0.2) is 0 Å². The van der Waals surface area contributed by atoms with Crippen molar-refractivity contribution < 1.29 is 14.0 Å². The van der Waals surface area contributed by atoms with Gasteiger partial charge in [0.2, 0.25) is 0 Å². The van der Waals surface area contributed by atoms with Gasteiger partial charge in [-0.3, -0.25) is 14.3 Å². The number of thioether (sulfide) groups is 1. The zero-order valence-corrected chi connectivity index (χ0v) is 16.2. The second-order valence-corrected chi connectivity index (χ2v) is 6.88. The molecule has 0 radical (unpaired) electrons. The van der Waals surface area contributed by atoms with Crippen LogP contribution in [0.4, 0.5) is 5.69 Å². The molecule has 140 valence electrons. The number of aryl methyl sites for hydroxylation is 1. The van der Waals surface area contributed by atoms with Crippen molar-refractivity contribution in [1.82, 2.24) is 15.1 Å². The van der Waals surface area contributed by atoms with Gasteiger partial charge in [0.05, 0.1) is 35.3 Å². The first-order valence-electron chi connectivity index (χ1n) is 7.97. The predicted octanol–water partition coefficient (Wildman–Crippen LogP) is 3.57. The van der Waals surface area contributed by atoms with Crippen LogP contribution in [0.2, 0.25) is 5.02 Å². The van der Waals surface area contributed by atoms with E-state index < -0.39 is 5.91 Å². The molecule has 2 aromatic heterocycles. The Hall–Kier alpha value is -2.71. The van der Waals surface area contributed by atoms with Gasteiger partial charge in [-0.05, 0) is 36.6 Å². The molecule has 2 amide bonds. The van der Waals surface area contributed by atoms with E-state index >= 15 is 0 Å². The van der Waals surface area contributed by atoms with Crippen LogP contribution in [-0.2, 0) is 13.6 Å². The number of hydrogen-bond donors (Lipinski definition) is 2. The van der Waals surface area contributed by atoms with E-state index in [-0.39, 0.29) is 18.1 Å². The van der Waals surface area contributed by atoms with Gasteiger partial charge in [-0.25, -0.2) is 0 Å². The van der Waals surface area contributed by atoms with Crippen molar-refractivity contribution in [3.8, 4) is 0 Å². The van der Waals surface area contributed by atoms with Crippen LogP contribution in [0.25, 0.3) is 0 Å². The standard InChI is InChI=1S/C18H17ClN4O3S/c1-23-16(18(25)20-9-11-4-3-7-26-11)15(10-21-23)22-17(24)13-8-12(27-2)5-6-14(13)19/h3-8,10H,9H2,1-2H3,(H,20,25)(H,22,24). The number of carbonyl (C=O) groups is 2. The Kier molecular flexibility index (Phi) is 5.88. The molecule has 1 aromatic carbocycles. The third-order valence-electron chi connectivity index (χ3n) is 3.82. The van der Waals surface area contributed by atoms with Gasteiger partial charge < -0.3 is 15.1 Å². The highest BCUT2D eigenvalue weighted by Gasteiger charge is 2.20. The number of rotatable bonds is 6. The number of anilines is 1. The van der Waals surface area contributed by atoms with Crippen LogP contribution in [0, 0.1) is 0 Å². The fourth-order valence-corrected chi connectivity index (χ4v) is 3.10. The molecular weight excluding hydrogens is 388 g/mol. The number of hydrogen-bond acceptors (Lipinski definition) is 5. The highest BCUT2D eigenvalue weighted by atomic mass is 35.5. The molecule has 2 N–H and O–H groups in total. The lowest BCUT2D eigenvalue weighted by molar-refractivity contribution is 0.0939. The Morgan fingerprint density at radius 1 is 1.30 bits per heavy atom. The molecule has 0 aliphatic heterocycles. The van der Waals surface area contributed by atoms with Gasteiger partial charge in [-0.1, -0.05) is 11.6 Å². The van der Waals surface area contributed by atoms with Crippen molar-refractivity contribution in [3.63, 3.8) is 0 Å². The zero-order valence-electron chi connectivity index (χ0n) is 14.7. The minimum atomic E-state index is -0.413. The highest BCUT2D eigenvalue weighted by Crippen LogP contribution is 2.24. The van der Waals surface area contributed by atoms with Crippen LogP contribution in [-0.4, -0.2) is 27.9 Å². The van der Waals surface area contributed by atoms with Gasteiger partial charge >= 0.3 is 0 Å². The van der Waals surface area contributed by atoms with Crippen LogP contribution in [0.1, 0.15) is 26.6 Å². The molecule has 0 aliphatic rings.